The minimum atomic E-state index is -0.932. The number of hydrogen-bond acceptors (Lipinski definition) is 4. The molecule has 1 atom stereocenters. The number of rotatable bonds is 4. The summed E-state index contributed by atoms with van der Waals surface area (Å²) < 4.78 is 2.58. The van der Waals surface area contributed by atoms with E-state index in [4.69, 9.17) is 0 Å². The third-order valence-corrected chi connectivity index (χ3v) is 3.69. The van der Waals surface area contributed by atoms with Crippen LogP contribution >= 0.6 is 15.9 Å². The van der Waals surface area contributed by atoms with Crippen molar-refractivity contribution in [3.8, 4) is 0 Å². The maximum absolute atomic E-state index is 11.6. The molecule has 106 valence electrons. The van der Waals surface area contributed by atoms with Crippen LogP contribution in [0.5, 0.6) is 0 Å². The number of aliphatic carboxylic acids is 1. The molecule has 2 heterocycles. The number of nitrogens with zero attached hydrogens (tertiary/aromatic N) is 4. The lowest BCUT2D eigenvalue weighted by molar-refractivity contribution is -0.138. The molecule has 1 aromatic carbocycles. The number of carboxylic acids is 1. The van der Waals surface area contributed by atoms with Crippen LogP contribution in [0.2, 0.25) is 0 Å². The Hall–Kier alpha value is -2.28. The fourth-order valence-electron chi connectivity index (χ4n) is 2.22. The first kappa shape index (κ1) is 13.7. The third-order valence-electron chi connectivity index (χ3n) is 3.20. The lowest BCUT2D eigenvalue weighted by Crippen LogP contribution is -2.17. The Balaban J connectivity index is 2.02. The van der Waals surface area contributed by atoms with E-state index in [0.29, 0.717) is 17.8 Å². The summed E-state index contributed by atoms with van der Waals surface area (Å²) in [5.41, 5.74) is 1.81. The quantitative estimate of drug-likeness (QED) is 0.783. The van der Waals surface area contributed by atoms with Crippen molar-refractivity contribution in [3.63, 3.8) is 0 Å². The predicted molar refractivity (Wildman–Crippen MR) is 79.0 cm³/mol. The van der Waals surface area contributed by atoms with E-state index in [-0.39, 0.29) is 0 Å². The van der Waals surface area contributed by atoms with Gasteiger partial charge in [-0.05, 0) is 24.1 Å². The summed E-state index contributed by atoms with van der Waals surface area (Å²) in [6, 6.07) is 7.57. The Morgan fingerprint density at radius 1 is 1.43 bits per heavy atom. The van der Waals surface area contributed by atoms with Gasteiger partial charge in [-0.25, -0.2) is 0 Å². The molecule has 7 heteroatoms. The van der Waals surface area contributed by atoms with Gasteiger partial charge < -0.3 is 5.11 Å². The zero-order valence-corrected chi connectivity index (χ0v) is 12.4. The van der Waals surface area contributed by atoms with E-state index in [2.05, 4.69) is 31.1 Å². The number of fused-ring (bicyclic) bond motifs is 1. The molecule has 0 saturated heterocycles. The molecule has 0 radical (unpaired) electrons. The summed E-state index contributed by atoms with van der Waals surface area (Å²) in [6.45, 7) is 0. The van der Waals surface area contributed by atoms with Crippen molar-refractivity contribution in [3.05, 3.63) is 58.7 Å². The lowest BCUT2D eigenvalue weighted by atomic mass is 9.96. The first-order chi connectivity index (χ1) is 10.1. The molecular weight excluding hydrogens is 336 g/mol. The average molecular weight is 347 g/mol. The predicted octanol–water partition coefficient (Wildman–Crippen LogP) is 2.30. The monoisotopic (exact) mass is 346 g/mol. The highest BCUT2D eigenvalue weighted by molar-refractivity contribution is 9.10. The summed E-state index contributed by atoms with van der Waals surface area (Å²) in [5.74, 6) is -1.70. The summed E-state index contributed by atoms with van der Waals surface area (Å²) in [4.78, 5) is 15.8. The summed E-state index contributed by atoms with van der Waals surface area (Å²) in [7, 11) is 0. The van der Waals surface area contributed by atoms with Crippen molar-refractivity contribution >= 4 is 27.5 Å². The molecule has 0 spiro atoms. The van der Waals surface area contributed by atoms with E-state index in [9.17, 15) is 9.90 Å². The molecule has 0 aliphatic carbocycles. The van der Waals surface area contributed by atoms with Gasteiger partial charge in [0.05, 0.1) is 0 Å². The molecule has 1 N–H and O–H groups in total. The maximum atomic E-state index is 11.6. The first-order valence-electron chi connectivity index (χ1n) is 6.26. The molecule has 3 aromatic rings. The minimum Gasteiger partial charge on any atom is -0.481 e. The standard InChI is InChI=1S/C14H11BrN4O2/c15-10-3-1-2-9(6-10)7-11(14(20)21)12-13-18-17-8-19(13)5-4-16-12/h1-6,8,11H,7H2,(H,20,21). The molecular formula is C14H11BrN4O2. The van der Waals surface area contributed by atoms with Crippen LogP contribution in [0.3, 0.4) is 0 Å². The normalized spacial score (nSPS) is 12.4. The number of aromatic nitrogens is 4. The SMILES string of the molecule is O=C(O)C(Cc1cccc(Br)c1)c1nccn2cnnc12. The van der Waals surface area contributed by atoms with Crippen LogP contribution in [0, 0.1) is 0 Å². The van der Waals surface area contributed by atoms with E-state index >= 15 is 0 Å². The van der Waals surface area contributed by atoms with Gasteiger partial charge in [0.2, 0.25) is 0 Å². The zero-order chi connectivity index (χ0) is 14.8. The Bertz CT molecular complexity index is 802. The van der Waals surface area contributed by atoms with Gasteiger partial charge in [-0.2, -0.15) is 0 Å². The van der Waals surface area contributed by atoms with Gasteiger partial charge in [-0.15, -0.1) is 10.2 Å². The Morgan fingerprint density at radius 2 is 2.29 bits per heavy atom. The van der Waals surface area contributed by atoms with Gasteiger partial charge in [0.1, 0.15) is 17.9 Å². The van der Waals surface area contributed by atoms with Crippen molar-refractivity contribution in [2.24, 2.45) is 0 Å². The second-order valence-corrected chi connectivity index (χ2v) is 5.51. The highest BCUT2D eigenvalue weighted by Crippen LogP contribution is 2.24. The van der Waals surface area contributed by atoms with Gasteiger partial charge in [0.15, 0.2) is 5.65 Å². The molecule has 21 heavy (non-hydrogen) atoms. The van der Waals surface area contributed by atoms with E-state index in [0.717, 1.165) is 10.0 Å². The van der Waals surface area contributed by atoms with Crippen molar-refractivity contribution in [2.45, 2.75) is 12.3 Å². The van der Waals surface area contributed by atoms with Gasteiger partial charge >= 0.3 is 5.97 Å². The average Bonchev–Trinajstić information content (AvgIpc) is 2.93. The van der Waals surface area contributed by atoms with Gasteiger partial charge in [0, 0.05) is 16.9 Å². The summed E-state index contributed by atoms with van der Waals surface area (Å²) in [6.07, 6.45) is 5.12. The van der Waals surface area contributed by atoms with Crippen LogP contribution in [-0.4, -0.2) is 30.7 Å². The van der Waals surface area contributed by atoms with Gasteiger partial charge in [-0.1, -0.05) is 28.1 Å². The Labute approximate surface area is 128 Å². The topological polar surface area (TPSA) is 80.4 Å². The molecule has 0 bridgehead atoms. The van der Waals surface area contributed by atoms with Crippen LogP contribution < -0.4 is 0 Å². The third kappa shape index (κ3) is 2.78. The maximum Gasteiger partial charge on any atom is 0.313 e. The van der Waals surface area contributed by atoms with Crippen LogP contribution in [0.1, 0.15) is 17.2 Å². The van der Waals surface area contributed by atoms with Gasteiger partial charge in [-0.3, -0.25) is 14.2 Å². The molecule has 0 amide bonds. The molecule has 6 nitrogen and oxygen atoms in total. The second kappa shape index (κ2) is 5.61. The molecule has 0 fully saturated rings. The lowest BCUT2D eigenvalue weighted by Gasteiger charge is -2.12. The zero-order valence-electron chi connectivity index (χ0n) is 10.8. The Kier molecular flexibility index (Phi) is 3.66. The minimum absolute atomic E-state index is 0.342. The van der Waals surface area contributed by atoms with Crippen LogP contribution in [-0.2, 0) is 11.2 Å². The van der Waals surface area contributed by atoms with E-state index < -0.39 is 11.9 Å². The highest BCUT2D eigenvalue weighted by atomic mass is 79.9. The first-order valence-corrected chi connectivity index (χ1v) is 7.06. The molecule has 1 unspecified atom stereocenters. The number of carbonyl (C=O) groups is 1. The largest absolute Gasteiger partial charge is 0.481 e. The number of carboxylic acid groups (broad SMARTS) is 1. The fraction of sp³-hybridized carbons (Fsp3) is 0.143. The molecule has 3 rings (SSSR count). The number of benzene rings is 1. The van der Waals surface area contributed by atoms with Crippen LogP contribution in [0.25, 0.3) is 5.65 Å². The van der Waals surface area contributed by atoms with E-state index in [1.54, 1.807) is 16.8 Å². The highest BCUT2D eigenvalue weighted by Gasteiger charge is 2.25. The van der Waals surface area contributed by atoms with Crippen LogP contribution in [0.15, 0.2) is 47.5 Å². The molecule has 0 saturated carbocycles. The Morgan fingerprint density at radius 3 is 3.05 bits per heavy atom. The van der Waals surface area contributed by atoms with E-state index in [1.165, 1.54) is 6.33 Å². The molecule has 2 aromatic heterocycles. The van der Waals surface area contributed by atoms with Crippen LogP contribution in [0.4, 0.5) is 0 Å². The summed E-state index contributed by atoms with van der Waals surface area (Å²) >= 11 is 3.39. The van der Waals surface area contributed by atoms with Crippen molar-refractivity contribution in [1.82, 2.24) is 19.6 Å². The van der Waals surface area contributed by atoms with Crippen molar-refractivity contribution in [1.29, 1.82) is 0 Å². The number of hydrogen-bond donors (Lipinski definition) is 1. The van der Waals surface area contributed by atoms with Gasteiger partial charge in [0.25, 0.3) is 0 Å². The molecule has 0 aliphatic heterocycles. The molecule has 0 aliphatic rings. The fourth-order valence-corrected chi connectivity index (χ4v) is 2.67. The summed E-state index contributed by atoms with van der Waals surface area (Å²) in [5, 5.41) is 17.3. The van der Waals surface area contributed by atoms with Crippen molar-refractivity contribution < 1.29 is 9.90 Å². The second-order valence-electron chi connectivity index (χ2n) is 4.60. The van der Waals surface area contributed by atoms with E-state index in [1.807, 2.05) is 24.3 Å². The smallest absolute Gasteiger partial charge is 0.313 e. The number of halogens is 1. The van der Waals surface area contributed by atoms with Crippen molar-refractivity contribution in [2.75, 3.05) is 0 Å².